The Labute approximate surface area is 274 Å². The molecule has 2 nitrogen and oxygen atoms in total. The summed E-state index contributed by atoms with van der Waals surface area (Å²) in [5, 5.41) is 0. The van der Waals surface area contributed by atoms with Crippen molar-refractivity contribution in [2.45, 2.75) is 123 Å². The molecule has 2 heteroatoms. The molecule has 2 unspecified atom stereocenters. The maximum Gasteiger partial charge on any atom is 0.0316 e. The highest BCUT2D eigenvalue weighted by Crippen LogP contribution is 2.35. The first kappa shape index (κ1) is 34.4. The van der Waals surface area contributed by atoms with Gasteiger partial charge in [-0.3, -0.25) is 0 Å². The second-order valence-corrected chi connectivity index (χ2v) is 13.4. The number of nitrogens with two attached hydrogens (primary N) is 2. The summed E-state index contributed by atoms with van der Waals surface area (Å²) in [6, 6.07) is 31.9. The van der Waals surface area contributed by atoms with E-state index in [9.17, 15) is 0 Å². The molecule has 0 aliphatic heterocycles. The molecule has 0 aromatic heterocycles. The molecular formula is C43H58N2. The van der Waals surface area contributed by atoms with Gasteiger partial charge in [-0.2, -0.15) is 0 Å². The van der Waals surface area contributed by atoms with Gasteiger partial charge < -0.3 is 11.5 Å². The molecule has 0 bridgehead atoms. The Hall–Kier alpha value is -3.52. The van der Waals surface area contributed by atoms with Gasteiger partial charge in [0, 0.05) is 23.2 Å². The van der Waals surface area contributed by atoms with Crippen LogP contribution in [0.5, 0.6) is 0 Å². The van der Waals surface area contributed by atoms with Crippen LogP contribution in [0, 0.1) is 13.8 Å². The summed E-state index contributed by atoms with van der Waals surface area (Å²) < 4.78 is 0. The Balaban J connectivity index is 1.37. The van der Waals surface area contributed by atoms with Crippen molar-refractivity contribution in [2.75, 3.05) is 11.5 Å². The summed E-state index contributed by atoms with van der Waals surface area (Å²) in [6.07, 6.45) is 16.1. The number of rotatable bonds is 18. The van der Waals surface area contributed by atoms with Gasteiger partial charge in [0.2, 0.25) is 0 Å². The van der Waals surface area contributed by atoms with Crippen molar-refractivity contribution >= 4 is 11.4 Å². The van der Waals surface area contributed by atoms with Crippen molar-refractivity contribution in [3.05, 3.63) is 129 Å². The second-order valence-electron chi connectivity index (χ2n) is 13.4. The van der Waals surface area contributed by atoms with E-state index in [-0.39, 0.29) is 0 Å². The lowest BCUT2D eigenvalue weighted by Gasteiger charge is -2.21. The van der Waals surface area contributed by atoms with Gasteiger partial charge in [-0.15, -0.1) is 0 Å². The van der Waals surface area contributed by atoms with Crippen molar-refractivity contribution in [3.8, 4) is 0 Å². The van der Waals surface area contributed by atoms with Gasteiger partial charge in [-0.25, -0.2) is 0 Å². The van der Waals surface area contributed by atoms with E-state index >= 15 is 0 Å². The van der Waals surface area contributed by atoms with E-state index < -0.39 is 0 Å². The minimum absolute atomic E-state index is 0.433. The van der Waals surface area contributed by atoms with Crippen LogP contribution < -0.4 is 11.5 Å². The predicted octanol–water partition coefficient (Wildman–Crippen LogP) is 11.8. The first-order chi connectivity index (χ1) is 21.9. The molecule has 0 saturated carbocycles. The van der Waals surface area contributed by atoms with Crippen LogP contribution in [0.3, 0.4) is 0 Å². The molecule has 0 heterocycles. The monoisotopic (exact) mass is 602 g/mol. The van der Waals surface area contributed by atoms with Crippen molar-refractivity contribution in [3.63, 3.8) is 0 Å². The zero-order valence-corrected chi connectivity index (χ0v) is 28.6. The van der Waals surface area contributed by atoms with Gasteiger partial charge >= 0.3 is 0 Å². The summed E-state index contributed by atoms with van der Waals surface area (Å²) in [5.41, 5.74) is 25.1. The molecule has 0 radical (unpaired) electrons. The zero-order chi connectivity index (χ0) is 32.0. The van der Waals surface area contributed by atoms with E-state index in [1.54, 1.807) is 0 Å². The van der Waals surface area contributed by atoms with E-state index in [4.69, 9.17) is 11.5 Å². The Kier molecular flexibility index (Phi) is 13.6. The molecule has 0 spiro atoms. The first-order valence-corrected chi connectivity index (χ1v) is 17.8. The number of benzene rings is 4. The average molecular weight is 603 g/mol. The third-order valence-electron chi connectivity index (χ3n) is 9.73. The van der Waals surface area contributed by atoms with Crippen LogP contribution in [-0.4, -0.2) is 0 Å². The van der Waals surface area contributed by atoms with E-state index in [0.29, 0.717) is 11.8 Å². The van der Waals surface area contributed by atoms with Crippen LogP contribution in [0.4, 0.5) is 11.4 Å². The average Bonchev–Trinajstić information content (AvgIpc) is 3.03. The molecule has 4 aromatic carbocycles. The van der Waals surface area contributed by atoms with Crippen molar-refractivity contribution in [1.82, 2.24) is 0 Å². The lowest BCUT2D eigenvalue weighted by Crippen LogP contribution is -2.05. The van der Waals surface area contributed by atoms with Gasteiger partial charge in [0.1, 0.15) is 0 Å². The molecule has 0 saturated heterocycles. The van der Waals surface area contributed by atoms with Crippen molar-refractivity contribution < 1.29 is 0 Å². The van der Waals surface area contributed by atoms with Gasteiger partial charge in [0.15, 0.2) is 0 Å². The molecule has 0 aliphatic rings. The number of hydrogen-bond acceptors (Lipinski definition) is 2. The van der Waals surface area contributed by atoms with Crippen LogP contribution in [0.15, 0.2) is 84.9 Å². The van der Waals surface area contributed by atoms with E-state index in [0.717, 1.165) is 30.6 Å². The van der Waals surface area contributed by atoms with E-state index in [1.807, 2.05) is 0 Å². The third-order valence-corrected chi connectivity index (χ3v) is 9.73. The Morgan fingerprint density at radius 2 is 0.867 bits per heavy atom. The first-order valence-electron chi connectivity index (χ1n) is 17.8. The highest BCUT2D eigenvalue weighted by Gasteiger charge is 2.18. The van der Waals surface area contributed by atoms with Crippen LogP contribution in [0.25, 0.3) is 0 Å². The molecule has 0 fully saturated rings. The maximum atomic E-state index is 6.09. The van der Waals surface area contributed by atoms with Gasteiger partial charge in [0.05, 0.1) is 0 Å². The SMILES string of the molecule is CCCCCCC(c1ccc(CCCc2ccc(C(CCCCCC)c3ccc(N)cc3C)cc2)cc1)c1ccc(N)cc1C. The minimum Gasteiger partial charge on any atom is -0.399 e. The highest BCUT2D eigenvalue weighted by molar-refractivity contribution is 5.49. The predicted molar refractivity (Wildman–Crippen MR) is 197 cm³/mol. The zero-order valence-electron chi connectivity index (χ0n) is 28.6. The quantitative estimate of drug-likeness (QED) is 0.0879. The standard InChI is InChI=1S/C43H58N2/c1-5-7-9-11-16-42(40-28-26-38(44)30-32(40)3)36-22-18-34(19-23-36)14-13-15-35-20-24-37(25-21-35)43(17-12-10-8-6-2)41-29-27-39(45)31-33(41)4/h18-31,42-43H,5-17,44-45H2,1-4H3. The van der Waals surface area contributed by atoms with E-state index in [2.05, 4.69) is 113 Å². The Morgan fingerprint density at radius 3 is 1.22 bits per heavy atom. The number of anilines is 2. The Morgan fingerprint density at radius 1 is 0.467 bits per heavy atom. The van der Waals surface area contributed by atoms with Gasteiger partial charge in [0.25, 0.3) is 0 Å². The molecule has 45 heavy (non-hydrogen) atoms. The summed E-state index contributed by atoms with van der Waals surface area (Å²) >= 11 is 0. The van der Waals surface area contributed by atoms with Crippen LogP contribution in [0.1, 0.15) is 141 Å². The largest absolute Gasteiger partial charge is 0.399 e. The summed E-state index contributed by atoms with van der Waals surface area (Å²) in [6.45, 7) is 8.98. The van der Waals surface area contributed by atoms with Gasteiger partial charge in [-0.1, -0.05) is 126 Å². The van der Waals surface area contributed by atoms with Crippen molar-refractivity contribution in [2.24, 2.45) is 0 Å². The van der Waals surface area contributed by atoms with Crippen LogP contribution in [-0.2, 0) is 12.8 Å². The van der Waals surface area contributed by atoms with Gasteiger partial charge in [-0.05, 0) is 115 Å². The normalized spacial score (nSPS) is 12.7. The van der Waals surface area contributed by atoms with Crippen LogP contribution >= 0.6 is 0 Å². The molecule has 240 valence electrons. The van der Waals surface area contributed by atoms with E-state index in [1.165, 1.54) is 109 Å². The lowest BCUT2D eigenvalue weighted by molar-refractivity contribution is 0.595. The molecule has 4 N–H and O–H groups in total. The fourth-order valence-corrected chi connectivity index (χ4v) is 7.06. The maximum absolute atomic E-state index is 6.09. The second kappa shape index (κ2) is 17.8. The smallest absolute Gasteiger partial charge is 0.0316 e. The van der Waals surface area contributed by atoms with Crippen LogP contribution in [0.2, 0.25) is 0 Å². The third kappa shape index (κ3) is 10.2. The number of nitrogen functional groups attached to an aromatic ring is 2. The highest BCUT2D eigenvalue weighted by atomic mass is 14.5. The molecular weight excluding hydrogens is 544 g/mol. The fraction of sp³-hybridized carbons (Fsp3) is 0.442. The fourth-order valence-electron chi connectivity index (χ4n) is 7.06. The number of hydrogen-bond donors (Lipinski definition) is 2. The summed E-state index contributed by atoms with van der Waals surface area (Å²) in [5.74, 6) is 0.866. The molecule has 2 atom stereocenters. The number of aryl methyl sites for hydroxylation is 4. The number of unbranched alkanes of at least 4 members (excludes halogenated alkanes) is 6. The molecule has 4 rings (SSSR count). The summed E-state index contributed by atoms with van der Waals surface area (Å²) in [4.78, 5) is 0. The topological polar surface area (TPSA) is 52.0 Å². The molecule has 0 amide bonds. The lowest BCUT2D eigenvalue weighted by atomic mass is 9.83. The summed E-state index contributed by atoms with van der Waals surface area (Å²) in [7, 11) is 0. The Bertz CT molecular complexity index is 1320. The molecule has 4 aromatic rings. The van der Waals surface area contributed by atoms with Crippen molar-refractivity contribution in [1.29, 1.82) is 0 Å². The molecule has 0 aliphatic carbocycles. The minimum atomic E-state index is 0.433.